The van der Waals surface area contributed by atoms with Crippen LogP contribution in [0.3, 0.4) is 0 Å². The molecule has 1 atom stereocenters. The highest BCUT2D eigenvalue weighted by Gasteiger charge is 2.26. The van der Waals surface area contributed by atoms with E-state index in [4.69, 9.17) is 9.57 Å². The number of nitrogens with one attached hydrogen (secondary N) is 1. The van der Waals surface area contributed by atoms with Crippen LogP contribution in [-0.2, 0) is 33.8 Å². The average molecular weight is 382 g/mol. The van der Waals surface area contributed by atoms with Crippen molar-refractivity contribution in [2.45, 2.75) is 31.9 Å². The second-order valence-corrected chi connectivity index (χ2v) is 6.88. The summed E-state index contributed by atoms with van der Waals surface area (Å²) in [5, 5.41) is 4.03. The van der Waals surface area contributed by atoms with E-state index in [-0.39, 0.29) is 11.8 Å². The van der Waals surface area contributed by atoms with Crippen molar-refractivity contribution in [1.82, 2.24) is 10.4 Å². The fourth-order valence-corrected chi connectivity index (χ4v) is 3.32. The minimum Gasteiger partial charge on any atom is -0.377 e. The molecule has 0 saturated heterocycles. The lowest BCUT2D eigenvalue weighted by molar-refractivity contribution is -0.170. The first-order valence-electron chi connectivity index (χ1n) is 9.44. The first-order valence-corrected chi connectivity index (χ1v) is 9.44. The van der Waals surface area contributed by atoms with Crippen LogP contribution in [0.15, 0.2) is 48.5 Å². The van der Waals surface area contributed by atoms with Gasteiger partial charge in [0.25, 0.3) is 11.8 Å². The number of ether oxygens (including phenoxy) is 1. The molecule has 0 aromatic heterocycles. The van der Waals surface area contributed by atoms with Crippen LogP contribution in [0.5, 0.6) is 0 Å². The smallest absolute Gasteiger partial charge is 0.268 e. The van der Waals surface area contributed by atoms with E-state index in [0.29, 0.717) is 25.2 Å². The van der Waals surface area contributed by atoms with Crippen molar-refractivity contribution >= 4 is 11.8 Å². The first-order chi connectivity index (χ1) is 13.6. The Bertz CT molecular complexity index is 837. The van der Waals surface area contributed by atoms with Crippen LogP contribution in [0.2, 0.25) is 0 Å². The van der Waals surface area contributed by atoms with Crippen LogP contribution in [0, 0.1) is 0 Å². The zero-order chi connectivity index (χ0) is 19.9. The van der Waals surface area contributed by atoms with Crippen LogP contribution < -0.4 is 5.32 Å². The number of hydrogen-bond donors (Lipinski definition) is 1. The van der Waals surface area contributed by atoms with Crippen molar-refractivity contribution in [2.75, 3.05) is 20.8 Å². The third kappa shape index (κ3) is 4.97. The van der Waals surface area contributed by atoms with E-state index < -0.39 is 6.04 Å². The van der Waals surface area contributed by atoms with Crippen molar-refractivity contribution in [2.24, 2.45) is 0 Å². The fourth-order valence-electron chi connectivity index (χ4n) is 3.32. The van der Waals surface area contributed by atoms with Crippen LogP contribution >= 0.6 is 0 Å². The SMILES string of the molecule is CON(C)C(=O)C1Cc2cccc(c2)CCCOCc2ccccc2C(=O)N1. The van der Waals surface area contributed by atoms with E-state index in [0.717, 1.165) is 29.0 Å². The maximum Gasteiger partial charge on any atom is 0.268 e. The summed E-state index contributed by atoms with van der Waals surface area (Å²) in [6, 6.07) is 14.7. The van der Waals surface area contributed by atoms with Crippen molar-refractivity contribution in [1.29, 1.82) is 0 Å². The molecule has 0 saturated carbocycles. The van der Waals surface area contributed by atoms with Crippen LogP contribution in [0.1, 0.15) is 33.5 Å². The molecular formula is C22H26N2O4. The van der Waals surface area contributed by atoms with Gasteiger partial charge in [0.05, 0.1) is 13.7 Å². The summed E-state index contributed by atoms with van der Waals surface area (Å²) in [5.74, 6) is -0.600. The van der Waals surface area contributed by atoms with Crippen LogP contribution in [-0.4, -0.2) is 43.7 Å². The molecule has 1 unspecified atom stereocenters. The Balaban J connectivity index is 1.94. The Labute approximate surface area is 165 Å². The van der Waals surface area contributed by atoms with Gasteiger partial charge in [-0.15, -0.1) is 0 Å². The highest BCUT2D eigenvalue weighted by atomic mass is 16.7. The molecule has 0 aliphatic carbocycles. The summed E-state index contributed by atoms with van der Waals surface area (Å²) in [4.78, 5) is 30.8. The number of carbonyl (C=O) groups is 2. The molecule has 3 rings (SSSR count). The molecule has 28 heavy (non-hydrogen) atoms. The molecule has 1 aliphatic heterocycles. The van der Waals surface area contributed by atoms with E-state index in [9.17, 15) is 9.59 Å². The molecule has 0 radical (unpaired) electrons. The standard InChI is InChI=1S/C22H26N2O4/c1-24(27-2)22(26)20-14-17-8-5-7-16(13-17)9-6-12-28-15-18-10-3-4-11-19(18)21(25)23-20/h3-5,7-8,10-11,13,20H,6,9,12,14-15H2,1-2H3,(H,23,25). The third-order valence-corrected chi connectivity index (χ3v) is 4.89. The van der Waals surface area contributed by atoms with Gasteiger partial charge in [-0.1, -0.05) is 42.5 Å². The van der Waals surface area contributed by atoms with Gasteiger partial charge in [-0.25, -0.2) is 5.06 Å². The number of nitrogens with zero attached hydrogens (tertiary/aromatic N) is 1. The molecule has 2 aromatic rings. The zero-order valence-corrected chi connectivity index (χ0v) is 16.3. The number of amides is 2. The number of carbonyl (C=O) groups excluding carboxylic acids is 2. The second kappa shape index (κ2) is 9.48. The van der Waals surface area contributed by atoms with Crippen molar-refractivity contribution in [3.05, 3.63) is 70.8 Å². The number of hydroxylamine groups is 2. The van der Waals surface area contributed by atoms with Gasteiger partial charge in [0.2, 0.25) is 0 Å². The number of rotatable bonds is 2. The molecule has 1 heterocycles. The first kappa shape index (κ1) is 20.0. The molecule has 148 valence electrons. The highest BCUT2D eigenvalue weighted by molar-refractivity contribution is 5.98. The van der Waals surface area contributed by atoms with E-state index >= 15 is 0 Å². The summed E-state index contributed by atoms with van der Waals surface area (Å²) in [5.41, 5.74) is 3.51. The average Bonchev–Trinajstić information content (AvgIpc) is 2.72. The molecule has 0 fully saturated rings. The molecule has 1 N–H and O–H groups in total. The molecule has 2 bridgehead atoms. The van der Waals surface area contributed by atoms with Gasteiger partial charge >= 0.3 is 0 Å². The molecule has 2 aromatic carbocycles. The maximum absolute atomic E-state index is 12.9. The van der Waals surface area contributed by atoms with Crippen LogP contribution in [0.25, 0.3) is 0 Å². The monoisotopic (exact) mass is 382 g/mol. The zero-order valence-electron chi connectivity index (χ0n) is 16.3. The van der Waals surface area contributed by atoms with Gasteiger partial charge < -0.3 is 10.1 Å². The Kier molecular flexibility index (Phi) is 6.79. The summed E-state index contributed by atoms with van der Waals surface area (Å²) in [6.07, 6.45) is 2.19. The number of fused-ring (bicyclic) bond motifs is 3. The van der Waals surface area contributed by atoms with Gasteiger partial charge in [-0.05, 0) is 35.6 Å². The van der Waals surface area contributed by atoms with E-state index in [1.54, 1.807) is 6.07 Å². The minimum atomic E-state index is -0.732. The summed E-state index contributed by atoms with van der Waals surface area (Å²) in [6.45, 7) is 0.986. The number of aryl methyl sites for hydroxylation is 1. The predicted octanol–water partition coefficient (Wildman–Crippen LogP) is 2.51. The van der Waals surface area contributed by atoms with E-state index in [2.05, 4.69) is 17.4 Å². The van der Waals surface area contributed by atoms with Gasteiger partial charge in [-0.3, -0.25) is 14.4 Å². The largest absolute Gasteiger partial charge is 0.377 e. The number of hydrogen-bond acceptors (Lipinski definition) is 4. The van der Waals surface area contributed by atoms with Gasteiger partial charge in [0.1, 0.15) is 6.04 Å². The Morgan fingerprint density at radius 2 is 1.96 bits per heavy atom. The van der Waals surface area contributed by atoms with Crippen LogP contribution in [0.4, 0.5) is 0 Å². The lowest BCUT2D eigenvalue weighted by atomic mass is 10.00. The normalized spacial score (nSPS) is 17.8. The third-order valence-electron chi connectivity index (χ3n) is 4.89. The van der Waals surface area contributed by atoms with Crippen molar-refractivity contribution < 1.29 is 19.2 Å². The molecule has 1 aliphatic rings. The summed E-state index contributed by atoms with van der Waals surface area (Å²) < 4.78 is 5.78. The predicted molar refractivity (Wildman–Crippen MR) is 106 cm³/mol. The van der Waals surface area contributed by atoms with Gasteiger partial charge in [-0.2, -0.15) is 0 Å². The number of benzene rings is 2. The molecule has 6 nitrogen and oxygen atoms in total. The van der Waals surface area contributed by atoms with E-state index in [1.807, 2.05) is 30.3 Å². The summed E-state index contributed by atoms with van der Waals surface area (Å²) in [7, 11) is 2.97. The van der Waals surface area contributed by atoms with Gasteiger partial charge in [0.15, 0.2) is 0 Å². The highest BCUT2D eigenvalue weighted by Crippen LogP contribution is 2.15. The molecule has 2 amide bonds. The lowest BCUT2D eigenvalue weighted by Crippen LogP contribution is -2.48. The maximum atomic E-state index is 12.9. The molecule has 6 heteroatoms. The quantitative estimate of drug-likeness (QED) is 0.811. The lowest BCUT2D eigenvalue weighted by Gasteiger charge is -2.24. The van der Waals surface area contributed by atoms with Gasteiger partial charge in [0, 0.05) is 25.6 Å². The second-order valence-electron chi connectivity index (χ2n) is 6.88. The van der Waals surface area contributed by atoms with Crippen molar-refractivity contribution in [3.8, 4) is 0 Å². The molecule has 0 spiro atoms. The minimum absolute atomic E-state index is 0.296. The van der Waals surface area contributed by atoms with E-state index in [1.165, 1.54) is 19.7 Å². The number of likely N-dealkylation sites (N-methyl/N-ethyl adjacent to an activating group) is 1. The Morgan fingerprint density at radius 3 is 2.79 bits per heavy atom. The Hall–Kier alpha value is -2.70. The Morgan fingerprint density at radius 1 is 1.18 bits per heavy atom. The fraction of sp³-hybridized carbons (Fsp3) is 0.364. The molecular weight excluding hydrogens is 356 g/mol. The summed E-state index contributed by atoms with van der Waals surface area (Å²) >= 11 is 0. The van der Waals surface area contributed by atoms with Crippen molar-refractivity contribution in [3.63, 3.8) is 0 Å². The topological polar surface area (TPSA) is 67.9 Å².